The molecule has 1 aromatic carbocycles. The Hall–Kier alpha value is -0.830. The Morgan fingerprint density at radius 1 is 1.17 bits per heavy atom. The maximum atomic E-state index is 12.4. The van der Waals surface area contributed by atoms with E-state index in [1.807, 2.05) is 6.07 Å². The number of carbonyl (C=O) groups is 1. The summed E-state index contributed by atoms with van der Waals surface area (Å²) in [7, 11) is 0. The average Bonchev–Trinajstić information content (AvgIpc) is 3.20. The Labute approximate surface area is 116 Å². The van der Waals surface area contributed by atoms with Crippen molar-refractivity contribution < 1.29 is 4.79 Å². The van der Waals surface area contributed by atoms with Crippen LogP contribution in [0.5, 0.6) is 0 Å². The van der Waals surface area contributed by atoms with Crippen molar-refractivity contribution in [2.75, 3.05) is 13.1 Å². The van der Waals surface area contributed by atoms with E-state index < -0.39 is 0 Å². The van der Waals surface area contributed by atoms with Gasteiger partial charge < -0.3 is 4.90 Å². The highest BCUT2D eigenvalue weighted by Gasteiger charge is 2.46. The molecule has 1 saturated carbocycles. The second-order valence-electron chi connectivity index (χ2n) is 5.36. The lowest BCUT2D eigenvalue weighted by molar-refractivity contribution is -0.133. The fraction of sp³-hybridized carbons (Fsp3) is 0.533. The fourth-order valence-corrected chi connectivity index (χ4v) is 3.52. The molecular weight excluding hydrogens is 290 g/mol. The molecule has 0 aromatic heterocycles. The second kappa shape index (κ2) is 5.04. The minimum absolute atomic E-state index is 0.238. The molecule has 96 valence electrons. The van der Waals surface area contributed by atoms with Crippen LogP contribution in [0.15, 0.2) is 28.7 Å². The van der Waals surface area contributed by atoms with Crippen LogP contribution >= 0.6 is 15.9 Å². The fourth-order valence-electron chi connectivity index (χ4n) is 2.94. The summed E-state index contributed by atoms with van der Waals surface area (Å²) in [5.74, 6) is 1.06. The molecule has 3 heteroatoms. The van der Waals surface area contributed by atoms with Crippen molar-refractivity contribution in [2.45, 2.75) is 31.6 Å². The van der Waals surface area contributed by atoms with Gasteiger partial charge in [-0.25, -0.2) is 0 Å². The molecule has 0 radical (unpaired) electrons. The smallest absolute Gasteiger partial charge is 0.226 e. The minimum Gasteiger partial charge on any atom is -0.342 e. The van der Waals surface area contributed by atoms with Crippen molar-refractivity contribution in [1.29, 1.82) is 0 Å². The van der Waals surface area contributed by atoms with Crippen molar-refractivity contribution >= 4 is 21.8 Å². The summed E-state index contributed by atoms with van der Waals surface area (Å²) in [5.41, 5.74) is 1.30. The van der Waals surface area contributed by atoms with Crippen LogP contribution in [0, 0.1) is 5.92 Å². The molecule has 1 aliphatic heterocycles. The lowest BCUT2D eigenvalue weighted by atomic mass is 10.1. The largest absolute Gasteiger partial charge is 0.342 e. The van der Waals surface area contributed by atoms with E-state index in [1.54, 1.807) is 0 Å². The summed E-state index contributed by atoms with van der Waals surface area (Å²) in [6.07, 6.45) is 4.66. The zero-order valence-electron chi connectivity index (χ0n) is 10.4. The first-order chi connectivity index (χ1) is 8.77. The highest BCUT2D eigenvalue weighted by molar-refractivity contribution is 9.10. The average molecular weight is 308 g/mol. The number of hydrogen-bond donors (Lipinski definition) is 0. The molecule has 2 fully saturated rings. The van der Waals surface area contributed by atoms with Crippen LogP contribution in [0.2, 0.25) is 0 Å². The molecule has 1 saturated heterocycles. The molecule has 1 heterocycles. The first kappa shape index (κ1) is 12.2. The molecule has 2 nitrogen and oxygen atoms in total. The van der Waals surface area contributed by atoms with E-state index in [1.165, 1.54) is 24.8 Å². The monoisotopic (exact) mass is 307 g/mol. The molecule has 18 heavy (non-hydrogen) atoms. The van der Waals surface area contributed by atoms with Crippen molar-refractivity contribution in [3.63, 3.8) is 0 Å². The summed E-state index contributed by atoms with van der Waals surface area (Å²) >= 11 is 3.58. The number of piperidine rings is 1. The zero-order valence-corrected chi connectivity index (χ0v) is 12.0. The molecule has 1 aliphatic carbocycles. The van der Waals surface area contributed by atoms with Crippen molar-refractivity contribution in [3.8, 4) is 0 Å². The summed E-state index contributed by atoms with van der Waals surface area (Å²) in [6.45, 7) is 1.94. The predicted molar refractivity (Wildman–Crippen MR) is 75.4 cm³/mol. The molecule has 0 unspecified atom stereocenters. The first-order valence-corrected chi connectivity index (χ1v) is 7.60. The minimum atomic E-state index is 0.238. The molecule has 2 atom stereocenters. The van der Waals surface area contributed by atoms with Gasteiger partial charge in [-0.3, -0.25) is 4.79 Å². The van der Waals surface area contributed by atoms with Gasteiger partial charge in [0.15, 0.2) is 0 Å². The first-order valence-electron chi connectivity index (χ1n) is 6.80. The van der Waals surface area contributed by atoms with Gasteiger partial charge in [-0.05, 0) is 43.2 Å². The molecule has 2 aliphatic rings. The van der Waals surface area contributed by atoms with Crippen molar-refractivity contribution in [2.24, 2.45) is 5.92 Å². The molecule has 3 rings (SSSR count). The van der Waals surface area contributed by atoms with Crippen LogP contribution in [0.4, 0.5) is 0 Å². The number of likely N-dealkylation sites (tertiary alicyclic amines) is 1. The lowest BCUT2D eigenvalue weighted by Gasteiger charge is -2.27. The number of halogens is 1. The van der Waals surface area contributed by atoms with E-state index in [9.17, 15) is 4.79 Å². The van der Waals surface area contributed by atoms with Crippen LogP contribution in [-0.4, -0.2) is 23.9 Å². The molecule has 0 N–H and O–H groups in total. The van der Waals surface area contributed by atoms with E-state index in [-0.39, 0.29) is 5.92 Å². The van der Waals surface area contributed by atoms with Gasteiger partial charge in [-0.1, -0.05) is 34.1 Å². The van der Waals surface area contributed by atoms with E-state index >= 15 is 0 Å². The molecule has 0 spiro atoms. The number of amides is 1. The molecule has 1 aromatic rings. The number of carbonyl (C=O) groups excluding carboxylic acids is 1. The molecule has 0 bridgehead atoms. The third kappa shape index (κ3) is 2.33. The van der Waals surface area contributed by atoms with Crippen LogP contribution in [0.25, 0.3) is 0 Å². The number of hydrogen-bond acceptors (Lipinski definition) is 1. The third-order valence-electron chi connectivity index (χ3n) is 4.08. The van der Waals surface area contributed by atoms with Gasteiger partial charge in [0.2, 0.25) is 5.91 Å². The Morgan fingerprint density at radius 2 is 1.89 bits per heavy atom. The normalized spacial score (nSPS) is 27.1. The SMILES string of the molecule is O=C([C@H]1C[C@H]1c1ccccc1Br)N1CCCCC1. The maximum Gasteiger partial charge on any atom is 0.226 e. The van der Waals surface area contributed by atoms with E-state index in [0.717, 1.165) is 24.0 Å². The summed E-state index contributed by atoms with van der Waals surface area (Å²) < 4.78 is 1.14. The van der Waals surface area contributed by atoms with Gasteiger partial charge in [-0.15, -0.1) is 0 Å². The molecular formula is C15H18BrNO. The number of nitrogens with zero attached hydrogens (tertiary/aromatic N) is 1. The third-order valence-corrected chi connectivity index (χ3v) is 4.80. The lowest BCUT2D eigenvalue weighted by Crippen LogP contribution is -2.36. The Morgan fingerprint density at radius 3 is 2.61 bits per heavy atom. The Kier molecular flexibility index (Phi) is 3.42. The highest BCUT2D eigenvalue weighted by atomic mass is 79.9. The standard InChI is InChI=1S/C15H18BrNO/c16-14-7-3-2-6-11(14)12-10-13(12)15(18)17-8-4-1-5-9-17/h2-3,6-7,12-13H,1,4-5,8-10H2/t12-,13-/m0/s1. The summed E-state index contributed by atoms with van der Waals surface area (Å²) in [6, 6.07) is 8.28. The van der Waals surface area contributed by atoms with Crippen LogP contribution in [0.3, 0.4) is 0 Å². The Balaban J connectivity index is 1.67. The highest BCUT2D eigenvalue weighted by Crippen LogP contribution is 2.50. The van der Waals surface area contributed by atoms with E-state index in [4.69, 9.17) is 0 Å². The summed E-state index contributed by atoms with van der Waals surface area (Å²) in [4.78, 5) is 14.4. The number of benzene rings is 1. The topological polar surface area (TPSA) is 20.3 Å². The van der Waals surface area contributed by atoms with Gasteiger partial charge in [0.1, 0.15) is 0 Å². The zero-order chi connectivity index (χ0) is 12.5. The van der Waals surface area contributed by atoms with E-state index in [2.05, 4.69) is 39.0 Å². The number of rotatable bonds is 2. The van der Waals surface area contributed by atoms with Gasteiger partial charge in [0.05, 0.1) is 0 Å². The Bertz CT molecular complexity index is 454. The van der Waals surface area contributed by atoms with Gasteiger partial charge in [0, 0.05) is 23.5 Å². The van der Waals surface area contributed by atoms with Crippen molar-refractivity contribution in [1.82, 2.24) is 4.90 Å². The van der Waals surface area contributed by atoms with Gasteiger partial charge >= 0.3 is 0 Å². The quantitative estimate of drug-likeness (QED) is 0.818. The van der Waals surface area contributed by atoms with Crippen molar-refractivity contribution in [3.05, 3.63) is 34.3 Å². The second-order valence-corrected chi connectivity index (χ2v) is 6.21. The van der Waals surface area contributed by atoms with Crippen LogP contribution in [0.1, 0.15) is 37.2 Å². The summed E-state index contributed by atoms with van der Waals surface area (Å²) in [5, 5.41) is 0. The maximum absolute atomic E-state index is 12.4. The van der Waals surface area contributed by atoms with Gasteiger partial charge in [0.25, 0.3) is 0 Å². The van der Waals surface area contributed by atoms with Crippen LogP contribution < -0.4 is 0 Å². The van der Waals surface area contributed by atoms with Crippen LogP contribution in [-0.2, 0) is 4.79 Å². The molecule has 1 amide bonds. The predicted octanol–water partition coefficient (Wildman–Crippen LogP) is 3.57. The van der Waals surface area contributed by atoms with Gasteiger partial charge in [-0.2, -0.15) is 0 Å². The van der Waals surface area contributed by atoms with E-state index in [0.29, 0.717) is 11.8 Å².